The summed E-state index contributed by atoms with van der Waals surface area (Å²) in [6.45, 7) is 4.44. The van der Waals surface area contributed by atoms with Crippen LogP contribution in [0.1, 0.15) is 37.9 Å². The molecule has 17 heavy (non-hydrogen) atoms. The maximum absolute atomic E-state index is 11.9. The summed E-state index contributed by atoms with van der Waals surface area (Å²) in [7, 11) is 0. The van der Waals surface area contributed by atoms with Crippen molar-refractivity contribution in [3.8, 4) is 0 Å². The zero-order valence-electron chi connectivity index (χ0n) is 10.3. The average molecular weight is 236 g/mol. The molecule has 1 aliphatic heterocycles. The fourth-order valence-corrected chi connectivity index (χ4v) is 2.24. The van der Waals surface area contributed by atoms with E-state index >= 15 is 0 Å². The van der Waals surface area contributed by atoms with Crippen LogP contribution in [0.3, 0.4) is 0 Å². The van der Waals surface area contributed by atoms with E-state index in [2.05, 4.69) is 4.98 Å². The van der Waals surface area contributed by atoms with Gasteiger partial charge in [-0.2, -0.15) is 0 Å². The molecule has 1 aromatic heterocycles. The van der Waals surface area contributed by atoms with E-state index in [1.165, 1.54) is 0 Å². The molecule has 2 rings (SSSR count). The van der Waals surface area contributed by atoms with Crippen molar-refractivity contribution >= 4 is 5.91 Å². The lowest BCUT2D eigenvalue weighted by Crippen LogP contribution is -2.28. The molecule has 0 aromatic carbocycles. The summed E-state index contributed by atoms with van der Waals surface area (Å²) >= 11 is 0. The number of rotatable bonds is 4. The molecule has 1 fully saturated rings. The zero-order valence-corrected chi connectivity index (χ0v) is 10.3. The normalized spacial score (nSPS) is 17.4. The Balaban J connectivity index is 1.88. The van der Waals surface area contributed by atoms with Gasteiger partial charge in [-0.05, 0) is 19.8 Å². The summed E-state index contributed by atoms with van der Waals surface area (Å²) in [6, 6.07) is -0.0422. The summed E-state index contributed by atoms with van der Waals surface area (Å²) in [6.07, 6.45) is 6.33. The van der Waals surface area contributed by atoms with Gasteiger partial charge in [0.25, 0.3) is 0 Å². The van der Waals surface area contributed by atoms with Gasteiger partial charge in [-0.15, -0.1) is 0 Å². The molecule has 2 N–H and O–H groups in total. The van der Waals surface area contributed by atoms with E-state index in [1.54, 1.807) is 12.5 Å². The van der Waals surface area contributed by atoms with Gasteiger partial charge in [0.2, 0.25) is 5.91 Å². The molecule has 5 heteroatoms. The summed E-state index contributed by atoms with van der Waals surface area (Å²) in [5.74, 6) is 0.242. The van der Waals surface area contributed by atoms with Gasteiger partial charge >= 0.3 is 0 Å². The van der Waals surface area contributed by atoms with Crippen LogP contribution < -0.4 is 5.73 Å². The third kappa shape index (κ3) is 2.85. The van der Waals surface area contributed by atoms with Crippen molar-refractivity contribution in [2.24, 2.45) is 5.73 Å². The second kappa shape index (κ2) is 5.31. The first kappa shape index (κ1) is 12.1. The van der Waals surface area contributed by atoms with E-state index in [4.69, 9.17) is 5.73 Å². The summed E-state index contributed by atoms with van der Waals surface area (Å²) in [5.41, 5.74) is 6.82. The van der Waals surface area contributed by atoms with Crippen molar-refractivity contribution in [2.75, 3.05) is 13.1 Å². The SMILES string of the molecule is C[C@H](N)c1cncn1CCC(=O)N1CCCC1. The van der Waals surface area contributed by atoms with Gasteiger partial charge in [-0.3, -0.25) is 4.79 Å². The Bertz CT molecular complexity index is 380. The first-order valence-electron chi connectivity index (χ1n) is 6.22. The number of likely N-dealkylation sites (tertiary alicyclic amines) is 1. The molecule has 0 saturated carbocycles. The van der Waals surface area contributed by atoms with Crippen LogP contribution in [-0.4, -0.2) is 33.4 Å². The largest absolute Gasteiger partial charge is 0.343 e. The predicted molar refractivity (Wildman–Crippen MR) is 65.3 cm³/mol. The number of imidazole rings is 1. The quantitative estimate of drug-likeness (QED) is 0.845. The van der Waals surface area contributed by atoms with Crippen LogP contribution in [-0.2, 0) is 11.3 Å². The molecular formula is C12H20N4O. The van der Waals surface area contributed by atoms with E-state index in [-0.39, 0.29) is 11.9 Å². The van der Waals surface area contributed by atoms with E-state index in [1.807, 2.05) is 16.4 Å². The van der Waals surface area contributed by atoms with Gasteiger partial charge in [0, 0.05) is 38.3 Å². The highest BCUT2D eigenvalue weighted by molar-refractivity contribution is 5.76. The fourth-order valence-electron chi connectivity index (χ4n) is 2.24. The molecule has 5 nitrogen and oxygen atoms in total. The van der Waals surface area contributed by atoms with Gasteiger partial charge in [0.05, 0.1) is 12.0 Å². The highest BCUT2D eigenvalue weighted by Crippen LogP contribution is 2.12. The van der Waals surface area contributed by atoms with Crippen LogP contribution in [0.2, 0.25) is 0 Å². The van der Waals surface area contributed by atoms with Crippen molar-refractivity contribution < 1.29 is 4.79 Å². The van der Waals surface area contributed by atoms with Crippen molar-refractivity contribution in [3.05, 3.63) is 18.2 Å². The lowest BCUT2D eigenvalue weighted by Gasteiger charge is -2.16. The molecular weight excluding hydrogens is 216 g/mol. The molecule has 0 unspecified atom stereocenters. The minimum Gasteiger partial charge on any atom is -0.343 e. The number of nitrogens with two attached hydrogens (primary N) is 1. The average Bonchev–Trinajstić information content (AvgIpc) is 2.96. The van der Waals surface area contributed by atoms with E-state index in [0.717, 1.165) is 31.6 Å². The summed E-state index contributed by atoms with van der Waals surface area (Å²) in [4.78, 5) is 17.9. The summed E-state index contributed by atoms with van der Waals surface area (Å²) < 4.78 is 1.97. The maximum Gasteiger partial charge on any atom is 0.224 e. The molecule has 0 spiro atoms. The van der Waals surface area contributed by atoms with Crippen LogP contribution in [0.15, 0.2) is 12.5 Å². The number of aromatic nitrogens is 2. The van der Waals surface area contributed by atoms with E-state index in [9.17, 15) is 4.79 Å². The van der Waals surface area contributed by atoms with E-state index < -0.39 is 0 Å². The third-order valence-corrected chi connectivity index (χ3v) is 3.24. The number of nitrogens with zero attached hydrogens (tertiary/aromatic N) is 3. The fraction of sp³-hybridized carbons (Fsp3) is 0.667. The molecule has 0 aliphatic carbocycles. The first-order valence-corrected chi connectivity index (χ1v) is 6.22. The predicted octanol–water partition coefficient (Wildman–Crippen LogP) is 0.915. The number of amides is 1. The molecule has 1 aliphatic rings. The molecule has 0 radical (unpaired) electrons. The third-order valence-electron chi connectivity index (χ3n) is 3.24. The Morgan fingerprint density at radius 2 is 2.24 bits per heavy atom. The van der Waals surface area contributed by atoms with Crippen LogP contribution >= 0.6 is 0 Å². The Labute approximate surface area is 102 Å². The molecule has 1 atom stereocenters. The number of hydrogen-bond donors (Lipinski definition) is 1. The Kier molecular flexibility index (Phi) is 3.78. The first-order chi connectivity index (χ1) is 8.18. The molecule has 1 aromatic rings. The van der Waals surface area contributed by atoms with Crippen molar-refractivity contribution in [1.82, 2.24) is 14.5 Å². The maximum atomic E-state index is 11.9. The second-order valence-electron chi connectivity index (χ2n) is 4.64. The molecule has 94 valence electrons. The number of aryl methyl sites for hydroxylation is 1. The van der Waals surface area contributed by atoms with Crippen molar-refractivity contribution in [2.45, 2.75) is 38.8 Å². The van der Waals surface area contributed by atoms with Gasteiger partial charge in [0.15, 0.2) is 0 Å². The number of carbonyl (C=O) groups excluding carboxylic acids is 1. The standard InChI is InChI=1S/C12H20N4O/c1-10(13)11-8-14-9-16(11)7-4-12(17)15-5-2-3-6-15/h8-10H,2-7,13H2,1H3/t10-/m0/s1. The Hall–Kier alpha value is -1.36. The highest BCUT2D eigenvalue weighted by Gasteiger charge is 2.17. The number of carbonyl (C=O) groups is 1. The van der Waals surface area contributed by atoms with Gasteiger partial charge in [-0.1, -0.05) is 0 Å². The Morgan fingerprint density at radius 3 is 2.88 bits per heavy atom. The molecule has 0 bridgehead atoms. The minimum atomic E-state index is -0.0422. The lowest BCUT2D eigenvalue weighted by atomic mass is 10.2. The monoisotopic (exact) mass is 236 g/mol. The Morgan fingerprint density at radius 1 is 1.53 bits per heavy atom. The molecule has 1 saturated heterocycles. The van der Waals surface area contributed by atoms with E-state index in [0.29, 0.717) is 13.0 Å². The second-order valence-corrected chi connectivity index (χ2v) is 4.64. The van der Waals surface area contributed by atoms with Crippen LogP contribution in [0.4, 0.5) is 0 Å². The highest BCUT2D eigenvalue weighted by atomic mass is 16.2. The number of hydrogen-bond acceptors (Lipinski definition) is 3. The van der Waals surface area contributed by atoms with Crippen LogP contribution in [0, 0.1) is 0 Å². The van der Waals surface area contributed by atoms with Crippen LogP contribution in [0.25, 0.3) is 0 Å². The summed E-state index contributed by atoms with van der Waals surface area (Å²) in [5, 5.41) is 0. The van der Waals surface area contributed by atoms with Crippen LogP contribution in [0.5, 0.6) is 0 Å². The van der Waals surface area contributed by atoms with Gasteiger partial charge < -0.3 is 15.2 Å². The topological polar surface area (TPSA) is 64.1 Å². The molecule has 1 amide bonds. The van der Waals surface area contributed by atoms with Gasteiger partial charge in [-0.25, -0.2) is 4.98 Å². The lowest BCUT2D eigenvalue weighted by molar-refractivity contribution is -0.130. The van der Waals surface area contributed by atoms with Crippen molar-refractivity contribution in [1.29, 1.82) is 0 Å². The minimum absolute atomic E-state index is 0.0422. The van der Waals surface area contributed by atoms with Crippen molar-refractivity contribution in [3.63, 3.8) is 0 Å². The smallest absolute Gasteiger partial charge is 0.224 e. The zero-order chi connectivity index (χ0) is 12.3. The van der Waals surface area contributed by atoms with Gasteiger partial charge in [0.1, 0.15) is 0 Å². The molecule has 2 heterocycles.